The third-order valence-electron chi connectivity index (χ3n) is 9.93. The van der Waals surface area contributed by atoms with Gasteiger partial charge in [0.2, 0.25) is 0 Å². The van der Waals surface area contributed by atoms with E-state index in [0.29, 0.717) is 5.92 Å². The van der Waals surface area contributed by atoms with Crippen LogP contribution in [0.4, 0.5) is 0 Å². The standard InChI is InChI=1S/C33H46Si/c1-7-23(2)22-34(19-10-11-20-34)32-24(3)21-30-26(15-12-16-29(30)32)27-17-18-31(33(4,5)6)28-14-9-8-13-25(27)28/h8-9,12-18,23-24,29-30,32H,7,10-11,19-22H2,1-6H3. The van der Waals surface area contributed by atoms with Crippen LogP contribution in [0.3, 0.4) is 0 Å². The largest absolute Gasteiger partial charge is 0.0808 e. The summed E-state index contributed by atoms with van der Waals surface area (Å²) in [6, 6.07) is 18.9. The zero-order chi connectivity index (χ0) is 24.1. The molecule has 5 unspecified atom stereocenters. The van der Waals surface area contributed by atoms with Crippen molar-refractivity contribution in [2.75, 3.05) is 0 Å². The molecular formula is C33H46Si. The van der Waals surface area contributed by atoms with Crippen LogP contribution in [0, 0.1) is 23.7 Å². The Bertz CT molecular complexity index is 1090. The molecule has 2 aromatic rings. The number of hydrogen-bond acceptors (Lipinski definition) is 0. The predicted molar refractivity (Wildman–Crippen MR) is 153 cm³/mol. The Labute approximate surface area is 209 Å². The van der Waals surface area contributed by atoms with Crippen molar-refractivity contribution >= 4 is 24.4 Å². The quantitative estimate of drug-likeness (QED) is 0.381. The first-order valence-electron chi connectivity index (χ1n) is 14.2. The van der Waals surface area contributed by atoms with Crippen LogP contribution in [0.5, 0.6) is 0 Å². The van der Waals surface area contributed by atoms with E-state index in [4.69, 9.17) is 0 Å². The minimum absolute atomic E-state index is 0.158. The molecule has 0 bridgehead atoms. The second kappa shape index (κ2) is 9.12. The molecule has 5 rings (SSSR count). The van der Waals surface area contributed by atoms with E-state index in [-0.39, 0.29) is 5.41 Å². The number of benzene rings is 2. The lowest BCUT2D eigenvalue weighted by Gasteiger charge is -2.42. The molecule has 2 aliphatic carbocycles. The maximum Gasteiger partial charge on any atom is 0.0578 e. The first kappa shape index (κ1) is 24.1. The van der Waals surface area contributed by atoms with Crippen LogP contribution in [0.2, 0.25) is 23.7 Å². The van der Waals surface area contributed by atoms with Crippen molar-refractivity contribution in [2.45, 2.75) is 96.3 Å². The topological polar surface area (TPSA) is 0 Å². The second-order valence-corrected chi connectivity index (χ2v) is 18.0. The molecule has 1 saturated heterocycles. The summed E-state index contributed by atoms with van der Waals surface area (Å²) < 4.78 is 0. The highest BCUT2D eigenvalue weighted by atomic mass is 28.3. The van der Waals surface area contributed by atoms with E-state index in [1.54, 1.807) is 23.7 Å². The van der Waals surface area contributed by atoms with Gasteiger partial charge in [-0.05, 0) is 68.5 Å². The lowest BCUT2D eigenvalue weighted by molar-refractivity contribution is 0.528. The van der Waals surface area contributed by atoms with E-state index in [0.717, 1.165) is 23.3 Å². The minimum atomic E-state index is -1.25. The molecule has 0 amide bonds. The molecule has 0 nitrogen and oxygen atoms in total. The highest BCUT2D eigenvalue weighted by molar-refractivity contribution is 6.82. The fourth-order valence-electron chi connectivity index (χ4n) is 8.43. The molecular weight excluding hydrogens is 424 g/mol. The van der Waals surface area contributed by atoms with Gasteiger partial charge in [0.1, 0.15) is 0 Å². The summed E-state index contributed by atoms with van der Waals surface area (Å²) in [6.07, 6.45) is 13.3. The minimum Gasteiger partial charge on any atom is -0.0808 e. The third-order valence-corrected chi connectivity index (χ3v) is 16.5. The average molecular weight is 471 g/mol. The number of allylic oxidation sites excluding steroid dienone is 4. The summed E-state index contributed by atoms with van der Waals surface area (Å²) >= 11 is 0. The lowest BCUT2D eigenvalue weighted by atomic mass is 9.77. The maximum absolute atomic E-state index is 2.65. The molecule has 182 valence electrons. The van der Waals surface area contributed by atoms with E-state index >= 15 is 0 Å². The maximum atomic E-state index is 2.65. The fourth-order valence-corrected chi connectivity index (χ4v) is 16.1. The highest BCUT2D eigenvalue weighted by Gasteiger charge is 2.54. The van der Waals surface area contributed by atoms with Crippen LogP contribution in [0.1, 0.15) is 78.4 Å². The SMILES string of the molecule is CCC(C)C[Si]1(C2C(C)CC3C(c4ccc(C(C)(C)C)c5ccccc45)=CC=CC32)CCCC1. The molecule has 2 fully saturated rings. The second-order valence-electron chi connectivity index (χ2n) is 13.2. The molecule has 34 heavy (non-hydrogen) atoms. The Kier molecular flexibility index (Phi) is 6.47. The Morgan fingerprint density at radius 2 is 1.71 bits per heavy atom. The molecule has 5 atom stereocenters. The van der Waals surface area contributed by atoms with Crippen molar-refractivity contribution in [3.8, 4) is 0 Å². The number of hydrogen-bond donors (Lipinski definition) is 0. The number of rotatable bonds is 5. The van der Waals surface area contributed by atoms with Crippen molar-refractivity contribution in [1.82, 2.24) is 0 Å². The molecule has 0 radical (unpaired) electrons. The normalized spacial score (nSPS) is 29.3. The molecule has 0 N–H and O–H groups in total. The third kappa shape index (κ3) is 4.06. The smallest absolute Gasteiger partial charge is 0.0578 e. The summed E-state index contributed by atoms with van der Waals surface area (Å²) in [7, 11) is -1.25. The summed E-state index contributed by atoms with van der Waals surface area (Å²) in [4.78, 5) is 0. The van der Waals surface area contributed by atoms with Gasteiger partial charge in [0.05, 0.1) is 8.07 Å². The van der Waals surface area contributed by atoms with Gasteiger partial charge in [-0.1, -0.05) is 134 Å². The fraction of sp³-hybridized carbons (Fsp3) is 0.576. The Morgan fingerprint density at radius 1 is 1.00 bits per heavy atom. The van der Waals surface area contributed by atoms with Crippen LogP contribution < -0.4 is 0 Å². The summed E-state index contributed by atoms with van der Waals surface area (Å²) in [5.74, 6) is 3.25. The van der Waals surface area contributed by atoms with Crippen molar-refractivity contribution in [3.63, 3.8) is 0 Å². The van der Waals surface area contributed by atoms with Crippen LogP contribution in [0.15, 0.2) is 54.6 Å². The predicted octanol–water partition coefficient (Wildman–Crippen LogP) is 10.0. The van der Waals surface area contributed by atoms with E-state index in [1.807, 2.05) is 0 Å². The van der Waals surface area contributed by atoms with Gasteiger partial charge in [0.25, 0.3) is 0 Å². The number of fused-ring (bicyclic) bond motifs is 2. The monoisotopic (exact) mass is 470 g/mol. The van der Waals surface area contributed by atoms with Gasteiger partial charge in [-0.15, -0.1) is 0 Å². The molecule has 1 heteroatoms. The van der Waals surface area contributed by atoms with E-state index in [9.17, 15) is 0 Å². The molecule has 2 aromatic carbocycles. The summed E-state index contributed by atoms with van der Waals surface area (Å²) in [5, 5.41) is 2.90. The van der Waals surface area contributed by atoms with E-state index in [2.05, 4.69) is 96.2 Å². The molecule has 1 heterocycles. The summed E-state index contributed by atoms with van der Waals surface area (Å²) in [6.45, 7) is 14.6. The first-order chi connectivity index (χ1) is 16.2. The van der Waals surface area contributed by atoms with Gasteiger partial charge in [-0.3, -0.25) is 0 Å². The van der Waals surface area contributed by atoms with Crippen LogP contribution in [-0.4, -0.2) is 8.07 Å². The van der Waals surface area contributed by atoms with Crippen molar-refractivity contribution in [1.29, 1.82) is 0 Å². The van der Waals surface area contributed by atoms with Crippen LogP contribution in [-0.2, 0) is 5.41 Å². The Hall–Kier alpha value is -1.60. The molecule has 0 aromatic heterocycles. The van der Waals surface area contributed by atoms with Gasteiger partial charge in [-0.25, -0.2) is 0 Å². The lowest BCUT2D eigenvalue weighted by Crippen LogP contribution is -2.42. The van der Waals surface area contributed by atoms with Gasteiger partial charge < -0.3 is 0 Å². The molecule has 1 aliphatic heterocycles. The van der Waals surface area contributed by atoms with Crippen molar-refractivity contribution < 1.29 is 0 Å². The van der Waals surface area contributed by atoms with Gasteiger partial charge >= 0.3 is 0 Å². The van der Waals surface area contributed by atoms with Gasteiger partial charge in [0.15, 0.2) is 0 Å². The van der Waals surface area contributed by atoms with Gasteiger partial charge in [0, 0.05) is 0 Å². The van der Waals surface area contributed by atoms with Gasteiger partial charge in [-0.2, -0.15) is 0 Å². The zero-order valence-electron chi connectivity index (χ0n) is 22.5. The van der Waals surface area contributed by atoms with Crippen molar-refractivity contribution in [3.05, 3.63) is 65.8 Å². The Balaban J connectivity index is 1.55. The van der Waals surface area contributed by atoms with Crippen LogP contribution in [0.25, 0.3) is 16.3 Å². The Morgan fingerprint density at radius 3 is 2.38 bits per heavy atom. The van der Waals surface area contributed by atoms with Crippen molar-refractivity contribution in [2.24, 2.45) is 23.7 Å². The van der Waals surface area contributed by atoms with E-state index < -0.39 is 8.07 Å². The average Bonchev–Trinajstić information content (AvgIpc) is 3.41. The zero-order valence-corrected chi connectivity index (χ0v) is 23.5. The molecule has 0 spiro atoms. The molecule has 3 aliphatic rings. The van der Waals surface area contributed by atoms with E-state index in [1.165, 1.54) is 47.6 Å². The molecule has 1 saturated carbocycles. The summed E-state index contributed by atoms with van der Waals surface area (Å²) in [5.41, 5.74) is 5.74. The van der Waals surface area contributed by atoms with Crippen LogP contribution >= 0.6 is 0 Å². The highest BCUT2D eigenvalue weighted by Crippen LogP contribution is 2.61. The first-order valence-corrected chi connectivity index (χ1v) is 16.9.